The molecule has 0 bridgehead atoms. The molecule has 0 fully saturated rings. The zero-order valence-electron chi connectivity index (χ0n) is 14.5. The van der Waals surface area contributed by atoms with Crippen LogP contribution in [-0.2, 0) is 4.74 Å². The van der Waals surface area contributed by atoms with Crippen molar-refractivity contribution in [3.63, 3.8) is 0 Å². The van der Waals surface area contributed by atoms with E-state index >= 15 is 0 Å². The molecule has 1 atom stereocenters. The molecule has 0 radical (unpaired) electrons. The highest BCUT2D eigenvalue weighted by Gasteiger charge is 2.13. The Morgan fingerprint density at radius 1 is 1.08 bits per heavy atom. The first-order chi connectivity index (χ1) is 12.7. The standard InChI is InChI=1S/C19H19N5O2/c1-13(14-8-4-3-5-9-14)21-17-12-20-24-19(23-17)22-16-11-7-6-10-15(16)18(25)26-2/h3-13H,1-2H3,(H2,21,22,23,24). The summed E-state index contributed by atoms with van der Waals surface area (Å²) in [6, 6.07) is 17.1. The molecule has 2 aromatic carbocycles. The maximum absolute atomic E-state index is 11.9. The maximum atomic E-state index is 11.9. The third-order valence-corrected chi connectivity index (χ3v) is 3.80. The largest absolute Gasteiger partial charge is 0.465 e. The third-order valence-electron chi connectivity index (χ3n) is 3.80. The van der Waals surface area contributed by atoms with E-state index in [-0.39, 0.29) is 12.0 Å². The molecule has 1 aromatic heterocycles. The molecule has 1 heterocycles. The van der Waals surface area contributed by atoms with Gasteiger partial charge in [-0.25, -0.2) is 4.79 Å². The van der Waals surface area contributed by atoms with E-state index in [4.69, 9.17) is 4.74 Å². The predicted octanol–water partition coefficient (Wildman–Crippen LogP) is 3.57. The number of benzene rings is 2. The average molecular weight is 349 g/mol. The van der Waals surface area contributed by atoms with Crippen LogP contribution >= 0.6 is 0 Å². The zero-order valence-corrected chi connectivity index (χ0v) is 14.5. The van der Waals surface area contributed by atoms with Gasteiger partial charge in [0.05, 0.1) is 24.6 Å². The molecule has 0 aliphatic carbocycles. The third kappa shape index (κ3) is 4.13. The Morgan fingerprint density at radius 2 is 1.81 bits per heavy atom. The van der Waals surface area contributed by atoms with E-state index in [1.165, 1.54) is 7.11 Å². The Bertz CT molecular complexity index is 886. The summed E-state index contributed by atoms with van der Waals surface area (Å²) >= 11 is 0. The van der Waals surface area contributed by atoms with Gasteiger partial charge in [0, 0.05) is 6.04 Å². The second kappa shape index (κ2) is 8.06. The van der Waals surface area contributed by atoms with Gasteiger partial charge in [0.2, 0.25) is 5.95 Å². The fraction of sp³-hybridized carbons (Fsp3) is 0.158. The smallest absolute Gasteiger partial charge is 0.339 e. The van der Waals surface area contributed by atoms with Crippen LogP contribution in [0.15, 0.2) is 60.8 Å². The minimum atomic E-state index is -0.437. The Balaban J connectivity index is 1.77. The Kier molecular flexibility index (Phi) is 5.38. The molecule has 7 heteroatoms. The van der Waals surface area contributed by atoms with Gasteiger partial charge in [-0.15, -0.1) is 5.10 Å². The van der Waals surface area contributed by atoms with Crippen molar-refractivity contribution in [1.82, 2.24) is 15.2 Å². The highest BCUT2D eigenvalue weighted by Crippen LogP contribution is 2.21. The van der Waals surface area contributed by atoms with Gasteiger partial charge in [0.15, 0.2) is 5.82 Å². The number of anilines is 3. The molecule has 0 aliphatic heterocycles. The number of aromatic nitrogens is 3. The number of hydrogen-bond acceptors (Lipinski definition) is 7. The molecular weight excluding hydrogens is 330 g/mol. The van der Waals surface area contributed by atoms with Crippen molar-refractivity contribution >= 4 is 23.4 Å². The van der Waals surface area contributed by atoms with E-state index in [0.717, 1.165) is 5.56 Å². The van der Waals surface area contributed by atoms with Gasteiger partial charge in [0.25, 0.3) is 0 Å². The number of para-hydroxylation sites is 1. The van der Waals surface area contributed by atoms with Crippen molar-refractivity contribution in [2.24, 2.45) is 0 Å². The van der Waals surface area contributed by atoms with Gasteiger partial charge < -0.3 is 15.4 Å². The molecule has 3 aromatic rings. The lowest BCUT2D eigenvalue weighted by atomic mass is 10.1. The Hall–Kier alpha value is -3.48. The quantitative estimate of drug-likeness (QED) is 0.658. The molecule has 26 heavy (non-hydrogen) atoms. The molecule has 1 unspecified atom stereocenters. The van der Waals surface area contributed by atoms with Crippen molar-refractivity contribution in [1.29, 1.82) is 0 Å². The highest BCUT2D eigenvalue weighted by molar-refractivity contribution is 5.96. The molecule has 132 valence electrons. The second-order valence-electron chi connectivity index (χ2n) is 5.60. The van der Waals surface area contributed by atoms with Crippen LogP contribution < -0.4 is 10.6 Å². The van der Waals surface area contributed by atoms with E-state index in [1.807, 2.05) is 43.3 Å². The first-order valence-corrected chi connectivity index (χ1v) is 8.13. The number of ether oxygens (including phenoxy) is 1. The molecule has 0 spiro atoms. The molecule has 0 saturated heterocycles. The SMILES string of the molecule is COC(=O)c1ccccc1Nc1nncc(NC(C)c2ccccc2)n1. The number of nitrogens with zero attached hydrogens (tertiary/aromatic N) is 3. The Morgan fingerprint density at radius 3 is 2.58 bits per heavy atom. The molecule has 7 nitrogen and oxygen atoms in total. The summed E-state index contributed by atoms with van der Waals surface area (Å²) in [4.78, 5) is 16.3. The van der Waals surface area contributed by atoms with Crippen molar-refractivity contribution in [3.05, 3.63) is 71.9 Å². The number of nitrogens with one attached hydrogen (secondary N) is 2. The number of esters is 1. The molecule has 0 saturated carbocycles. The zero-order chi connectivity index (χ0) is 18.4. The molecule has 3 rings (SSSR count). The summed E-state index contributed by atoms with van der Waals surface area (Å²) in [5.41, 5.74) is 2.08. The first kappa shape index (κ1) is 17.3. The molecule has 0 amide bonds. The average Bonchev–Trinajstić information content (AvgIpc) is 2.69. The predicted molar refractivity (Wildman–Crippen MR) is 99.4 cm³/mol. The van der Waals surface area contributed by atoms with Crippen LogP contribution in [-0.4, -0.2) is 28.3 Å². The van der Waals surface area contributed by atoms with Crippen LogP contribution in [0.25, 0.3) is 0 Å². The molecule has 2 N–H and O–H groups in total. The van der Waals surface area contributed by atoms with Gasteiger partial charge in [0.1, 0.15) is 0 Å². The van der Waals surface area contributed by atoms with Crippen LogP contribution in [0.4, 0.5) is 17.5 Å². The summed E-state index contributed by atoms with van der Waals surface area (Å²) in [7, 11) is 1.34. The second-order valence-corrected chi connectivity index (χ2v) is 5.60. The number of hydrogen-bond donors (Lipinski definition) is 2. The van der Waals surface area contributed by atoms with Crippen molar-refractivity contribution in [2.75, 3.05) is 17.7 Å². The van der Waals surface area contributed by atoms with Gasteiger partial charge in [-0.1, -0.05) is 42.5 Å². The van der Waals surface area contributed by atoms with E-state index in [9.17, 15) is 4.79 Å². The summed E-state index contributed by atoms with van der Waals surface area (Å²) in [6.45, 7) is 2.04. The maximum Gasteiger partial charge on any atom is 0.339 e. The van der Waals surface area contributed by atoms with Crippen molar-refractivity contribution in [3.8, 4) is 0 Å². The highest BCUT2D eigenvalue weighted by atomic mass is 16.5. The van der Waals surface area contributed by atoms with E-state index in [0.29, 0.717) is 17.1 Å². The van der Waals surface area contributed by atoms with Crippen LogP contribution in [0.3, 0.4) is 0 Å². The summed E-state index contributed by atoms with van der Waals surface area (Å²) in [6.07, 6.45) is 1.55. The van der Waals surface area contributed by atoms with Gasteiger partial charge >= 0.3 is 5.97 Å². The van der Waals surface area contributed by atoms with Gasteiger partial charge in [-0.3, -0.25) is 0 Å². The number of methoxy groups -OCH3 is 1. The normalized spacial score (nSPS) is 11.5. The fourth-order valence-electron chi connectivity index (χ4n) is 2.47. The lowest BCUT2D eigenvalue weighted by Gasteiger charge is -2.15. The number of carbonyl (C=O) groups excluding carboxylic acids is 1. The van der Waals surface area contributed by atoms with E-state index in [2.05, 4.69) is 25.8 Å². The topological polar surface area (TPSA) is 89.0 Å². The van der Waals surface area contributed by atoms with Crippen LogP contribution in [0.5, 0.6) is 0 Å². The van der Waals surface area contributed by atoms with Crippen molar-refractivity contribution in [2.45, 2.75) is 13.0 Å². The van der Waals surface area contributed by atoms with E-state index in [1.54, 1.807) is 24.4 Å². The number of carbonyl (C=O) groups is 1. The van der Waals surface area contributed by atoms with Crippen LogP contribution in [0.2, 0.25) is 0 Å². The first-order valence-electron chi connectivity index (χ1n) is 8.13. The van der Waals surface area contributed by atoms with Gasteiger partial charge in [-0.2, -0.15) is 10.1 Å². The van der Waals surface area contributed by atoms with Crippen LogP contribution in [0, 0.1) is 0 Å². The van der Waals surface area contributed by atoms with Crippen LogP contribution in [0.1, 0.15) is 28.9 Å². The number of rotatable bonds is 6. The van der Waals surface area contributed by atoms with E-state index < -0.39 is 5.97 Å². The van der Waals surface area contributed by atoms with Gasteiger partial charge in [-0.05, 0) is 24.6 Å². The summed E-state index contributed by atoms with van der Waals surface area (Å²) in [5, 5.41) is 14.2. The Labute approximate surface area is 151 Å². The lowest BCUT2D eigenvalue weighted by Crippen LogP contribution is -2.11. The minimum Gasteiger partial charge on any atom is -0.465 e. The minimum absolute atomic E-state index is 0.0584. The monoisotopic (exact) mass is 349 g/mol. The fourth-order valence-corrected chi connectivity index (χ4v) is 2.47. The summed E-state index contributed by atoms with van der Waals surface area (Å²) in [5.74, 6) is 0.425. The molecule has 0 aliphatic rings. The lowest BCUT2D eigenvalue weighted by molar-refractivity contribution is 0.0602. The molecular formula is C19H19N5O2. The summed E-state index contributed by atoms with van der Waals surface area (Å²) < 4.78 is 4.79. The van der Waals surface area contributed by atoms with Crippen molar-refractivity contribution < 1.29 is 9.53 Å².